The number of para-hydroxylation sites is 2. The summed E-state index contributed by atoms with van der Waals surface area (Å²) < 4.78 is 10.0. The highest BCUT2D eigenvalue weighted by Gasteiger charge is 2.32. The van der Waals surface area contributed by atoms with Crippen LogP contribution in [0.25, 0.3) is 21.8 Å². The number of methoxy groups -OCH3 is 1. The molecule has 35 heavy (non-hydrogen) atoms. The molecule has 0 spiro atoms. The molecule has 0 aliphatic rings. The quantitative estimate of drug-likeness (QED) is 0.249. The van der Waals surface area contributed by atoms with Crippen LogP contribution in [-0.4, -0.2) is 22.2 Å². The van der Waals surface area contributed by atoms with Crippen LogP contribution in [0, 0.1) is 13.8 Å². The number of benzene rings is 3. The summed E-state index contributed by atoms with van der Waals surface area (Å²) >= 11 is 0. The largest absolute Gasteiger partial charge is 0.465 e. The minimum atomic E-state index is -0.306. The van der Waals surface area contributed by atoms with Gasteiger partial charge in [-0.05, 0) is 62.6 Å². The second-order valence-electron chi connectivity index (χ2n) is 9.03. The van der Waals surface area contributed by atoms with Crippen LogP contribution >= 0.6 is 0 Å². The molecule has 2 heterocycles. The van der Waals surface area contributed by atoms with Crippen LogP contribution in [0.4, 0.5) is 0 Å². The zero-order chi connectivity index (χ0) is 24.7. The first-order valence-corrected chi connectivity index (χ1v) is 12.4. The average molecular weight is 465 g/mol. The van der Waals surface area contributed by atoms with Gasteiger partial charge < -0.3 is 13.9 Å². The first-order chi connectivity index (χ1) is 17.0. The van der Waals surface area contributed by atoms with Gasteiger partial charge in [-0.3, -0.25) is 0 Å². The highest BCUT2D eigenvalue weighted by Crippen LogP contribution is 2.45. The number of ether oxygens (including phenoxy) is 1. The fourth-order valence-electron chi connectivity index (χ4n) is 5.96. The van der Waals surface area contributed by atoms with Crippen molar-refractivity contribution in [3.63, 3.8) is 0 Å². The molecule has 0 unspecified atom stereocenters. The Bertz CT molecular complexity index is 1470. The van der Waals surface area contributed by atoms with E-state index in [9.17, 15) is 4.79 Å². The third-order valence-corrected chi connectivity index (χ3v) is 7.45. The topological polar surface area (TPSA) is 36.2 Å². The maximum absolute atomic E-state index is 13.0. The number of aryl methyl sites for hydroxylation is 2. The molecule has 4 nitrogen and oxygen atoms in total. The standard InChI is InChI=1S/C31H32N2O2/c1-6-32-20(3)28(24-16-10-12-18-26(24)32)30(22-14-8-9-15-23(22)31(34)35-5)29-21(4)33(7-2)27-19-13-11-17-25(27)29/h8-19,30H,6-7H2,1-5H3. The lowest BCUT2D eigenvalue weighted by Gasteiger charge is -2.23. The molecule has 0 aliphatic carbocycles. The smallest absolute Gasteiger partial charge is 0.338 e. The number of carbonyl (C=O) groups excluding carboxylic acids is 1. The SMILES string of the molecule is CCn1c(C)c(C(c2ccccc2C(=O)OC)c2c(C)n(CC)c3ccccc23)c2ccccc21. The molecule has 178 valence electrons. The Morgan fingerprint density at radius 1 is 0.743 bits per heavy atom. The van der Waals surface area contributed by atoms with Gasteiger partial charge in [0.25, 0.3) is 0 Å². The lowest BCUT2D eigenvalue weighted by atomic mass is 9.80. The van der Waals surface area contributed by atoms with Crippen LogP contribution in [0.2, 0.25) is 0 Å². The first kappa shape index (κ1) is 23.0. The van der Waals surface area contributed by atoms with E-state index in [4.69, 9.17) is 4.74 Å². The number of fused-ring (bicyclic) bond motifs is 2. The van der Waals surface area contributed by atoms with Crippen LogP contribution < -0.4 is 0 Å². The maximum atomic E-state index is 13.0. The maximum Gasteiger partial charge on any atom is 0.338 e. The first-order valence-electron chi connectivity index (χ1n) is 12.4. The van der Waals surface area contributed by atoms with Crippen molar-refractivity contribution in [1.82, 2.24) is 9.13 Å². The van der Waals surface area contributed by atoms with Gasteiger partial charge in [0.15, 0.2) is 0 Å². The molecule has 0 fully saturated rings. The summed E-state index contributed by atoms with van der Waals surface area (Å²) in [6.07, 6.45) is 0. The number of hydrogen-bond donors (Lipinski definition) is 0. The molecular formula is C31H32N2O2. The Morgan fingerprint density at radius 2 is 1.20 bits per heavy atom. The third kappa shape index (κ3) is 3.47. The number of nitrogens with zero attached hydrogens (tertiary/aromatic N) is 2. The molecule has 0 aliphatic heterocycles. The normalized spacial score (nSPS) is 11.6. The molecule has 0 saturated carbocycles. The zero-order valence-electron chi connectivity index (χ0n) is 21.1. The summed E-state index contributed by atoms with van der Waals surface area (Å²) in [5.41, 5.74) is 8.99. The van der Waals surface area contributed by atoms with Gasteiger partial charge in [0.2, 0.25) is 0 Å². The van der Waals surface area contributed by atoms with Crippen molar-refractivity contribution in [2.24, 2.45) is 0 Å². The average Bonchev–Trinajstić information content (AvgIpc) is 3.34. The summed E-state index contributed by atoms with van der Waals surface area (Å²) in [4.78, 5) is 13.0. The zero-order valence-corrected chi connectivity index (χ0v) is 21.1. The Hall–Kier alpha value is -3.79. The number of rotatable bonds is 6. The van der Waals surface area contributed by atoms with E-state index in [0.29, 0.717) is 5.56 Å². The molecule has 0 atom stereocenters. The number of carbonyl (C=O) groups is 1. The van der Waals surface area contributed by atoms with Crippen molar-refractivity contribution in [2.45, 2.75) is 46.7 Å². The molecule has 0 amide bonds. The van der Waals surface area contributed by atoms with Crippen LogP contribution in [0.15, 0.2) is 72.8 Å². The fraction of sp³-hybridized carbons (Fsp3) is 0.258. The molecule has 2 aromatic heterocycles. The Morgan fingerprint density at radius 3 is 1.69 bits per heavy atom. The molecule has 0 N–H and O–H groups in total. The number of hydrogen-bond acceptors (Lipinski definition) is 2. The van der Waals surface area contributed by atoms with E-state index in [0.717, 1.165) is 18.7 Å². The lowest BCUT2D eigenvalue weighted by Crippen LogP contribution is -2.13. The van der Waals surface area contributed by atoms with E-state index in [1.807, 2.05) is 18.2 Å². The van der Waals surface area contributed by atoms with Gasteiger partial charge in [-0.1, -0.05) is 54.6 Å². The van der Waals surface area contributed by atoms with Crippen LogP contribution in [0.3, 0.4) is 0 Å². The van der Waals surface area contributed by atoms with Crippen LogP contribution in [0.5, 0.6) is 0 Å². The van der Waals surface area contributed by atoms with E-state index in [2.05, 4.69) is 91.4 Å². The summed E-state index contributed by atoms with van der Waals surface area (Å²) in [7, 11) is 1.45. The third-order valence-electron chi connectivity index (χ3n) is 7.45. The molecule has 5 aromatic rings. The van der Waals surface area contributed by atoms with E-state index in [1.165, 1.54) is 51.4 Å². The number of esters is 1. The predicted molar refractivity (Wildman–Crippen MR) is 143 cm³/mol. The second kappa shape index (κ2) is 9.10. The highest BCUT2D eigenvalue weighted by atomic mass is 16.5. The summed E-state index contributed by atoms with van der Waals surface area (Å²) in [6.45, 7) is 10.6. The van der Waals surface area contributed by atoms with Gasteiger partial charge in [0.05, 0.1) is 12.7 Å². The molecule has 0 bridgehead atoms. The molecule has 4 heteroatoms. The van der Waals surface area contributed by atoms with E-state index >= 15 is 0 Å². The molecule has 0 saturated heterocycles. The fourth-order valence-corrected chi connectivity index (χ4v) is 5.96. The molecule has 0 radical (unpaired) electrons. The van der Waals surface area contributed by atoms with Crippen molar-refractivity contribution in [3.05, 3.63) is 106 Å². The van der Waals surface area contributed by atoms with Gasteiger partial charge >= 0.3 is 5.97 Å². The molecule has 5 rings (SSSR count). The van der Waals surface area contributed by atoms with Crippen molar-refractivity contribution >= 4 is 27.8 Å². The number of aromatic nitrogens is 2. The van der Waals surface area contributed by atoms with Crippen LogP contribution in [-0.2, 0) is 17.8 Å². The minimum Gasteiger partial charge on any atom is -0.465 e. The van der Waals surface area contributed by atoms with Crippen molar-refractivity contribution in [1.29, 1.82) is 0 Å². The summed E-state index contributed by atoms with van der Waals surface area (Å²) in [5.74, 6) is -0.430. The Kier molecular flexibility index (Phi) is 5.98. The van der Waals surface area contributed by atoms with E-state index in [-0.39, 0.29) is 11.9 Å². The Balaban J connectivity index is 1.96. The second-order valence-corrected chi connectivity index (χ2v) is 9.03. The van der Waals surface area contributed by atoms with Gasteiger partial charge in [0, 0.05) is 52.2 Å². The molecule has 3 aromatic carbocycles. The molecular weight excluding hydrogens is 432 g/mol. The van der Waals surface area contributed by atoms with Crippen molar-refractivity contribution < 1.29 is 9.53 Å². The summed E-state index contributed by atoms with van der Waals surface area (Å²) in [5, 5.41) is 2.45. The van der Waals surface area contributed by atoms with Gasteiger partial charge in [0.1, 0.15) is 0 Å². The van der Waals surface area contributed by atoms with Gasteiger partial charge in [-0.25, -0.2) is 4.79 Å². The van der Waals surface area contributed by atoms with E-state index < -0.39 is 0 Å². The van der Waals surface area contributed by atoms with E-state index in [1.54, 1.807) is 0 Å². The highest BCUT2D eigenvalue weighted by molar-refractivity contribution is 5.95. The van der Waals surface area contributed by atoms with Gasteiger partial charge in [-0.15, -0.1) is 0 Å². The summed E-state index contributed by atoms with van der Waals surface area (Å²) in [6, 6.07) is 25.1. The lowest BCUT2D eigenvalue weighted by molar-refractivity contribution is 0.0599. The minimum absolute atomic E-state index is 0.124. The predicted octanol–water partition coefficient (Wildman–Crippen LogP) is 7.22. The van der Waals surface area contributed by atoms with Crippen molar-refractivity contribution in [2.75, 3.05) is 7.11 Å². The van der Waals surface area contributed by atoms with Crippen molar-refractivity contribution in [3.8, 4) is 0 Å². The monoisotopic (exact) mass is 464 g/mol. The van der Waals surface area contributed by atoms with Crippen LogP contribution in [0.1, 0.15) is 58.2 Å². The van der Waals surface area contributed by atoms with Gasteiger partial charge in [-0.2, -0.15) is 0 Å². The Labute approximate surface area is 206 Å².